The number of ether oxygens (including phenoxy) is 2. The molecular formula is C15H23NO6. The molecule has 0 spiro atoms. The molecule has 0 saturated carbocycles. The summed E-state index contributed by atoms with van der Waals surface area (Å²) >= 11 is 0. The highest BCUT2D eigenvalue weighted by molar-refractivity contribution is 6.27. The number of nitrogens with zero attached hydrogens (tertiary/aromatic N) is 1. The summed E-state index contributed by atoms with van der Waals surface area (Å²) in [5, 5.41) is 14.8. The van der Waals surface area contributed by atoms with Crippen LogP contribution in [0, 0.1) is 0 Å². The number of carboxylic acid groups (broad SMARTS) is 2. The van der Waals surface area contributed by atoms with Crippen molar-refractivity contribution in [3.8, 4) is 11.5 Å². The summed E-state index contributed by atoms with van der Waals surface area (Å²) in [6.45, 7) is 8.09. The molecule has 22 heavy (non-hydrogen) atoms. The van der Waals surface area contributed by atoms with Gasteiger partial charge in [0.05, 0.1) is 7.11 Å². The lowest BCUT2D eigenvalue weighted by atomic mass is 10.3. The highest BCUT2D eigenvalue weighted by atomic mass is 16.5. The van der Waals surface area contributed by atoms with Crippen LogP contribution >= 0.6 is 0 Å². The van der Waals surface area contributed by atoms with Crippen LogP contribution in [0.1, 0.15) is 13.8 Å². The maximum atomic E-state index is 9.10. The topological polar surface area (TPSA) is 96.3 Å². The number of benzene rings is 1. The number of carbonyl (C=O) groups is 2. The minimum absolute atomic E-state index is 0.696. The fourth-order valence-corrected chi connectivity index (χ4v) is 1.56. The van der Waals surface area contributed by atoms with Crippen molar-refractivity contribution in [2.24, 2.45) is 0 Å². The first kappa shape index (κ1) is 19.7. The second-order valence-electron chi connectivity index (χ2n) is 4.14. The predicted octanol–water partition coefficient (Wildman–Crippen LogP) is 1.57. The van der Waals surface area contributed by atoms with Crippen molar-refractivity contribution in [1.82, 2.24) is 4.90 Å². The minimum Gasteiger partial charge on any atom is -0.493 e. The van der Waals surface area contributed by atoms with Gasteiger partial charge >= 0.3 is 11.9 Å². The molecule has 0 amide bonds. The molecule has 0 bridgehead atoms. The summed E-state index contributed by atoms with van der Waals surface area (Å²) in [4.78, 5) is 20.5. The Morgan fingerprint density at radius 1 is 1.05 bits per heavy atom. The summed E-state index contributed by atoms with van der Waals surface area (Å²) in [6.07, 6.45) is 0. The molecule has 0 fully saturated rings. The van der Waals surface area contributed by atoms with Crippen LogP contribution < -0.4 is 9.47 Å². The molecular weight excluding hydrogens is 290 g/mol. The molecule has 0 radical (unpaired) electrons. The van der Waals surface area contributed by atoms with Gasteiger partial charge in [0.15, 0.2) is 11.5 Å². The molecule has 0 unspecified atom stereocenters. The zero-order chi connectivity index (χ0) is 17.0. The van der Waals surface area contributed by atoms with Gasteiger partial charge in [-0.25, -0.2) is 9.59 Å². The highest BCUT2D eigenvalue weighted by Gasteiger charge is 2.04. The summed E-state index contributed by atoms with van der Waals surface area (Å²) in [5.74, 6) is -2.04. The lowest BCUT2D eigenvalue weighted by molar-refractivity contribution is -0.159. The van der Waals surface area contributed by atoms with Crippen molar-refractivity contribution in [2.75, 3.05) is 33.4 Å². The number of likely N-dealkylation sites (N-methyl/N-ethyl adjacent to an activating group) is 1. The van der Waals surface area contributed by atoms with Crippen LogP contribution in [-0.4, -0.2) is 60.4 Å². The van der Waals surface area contributed by atoms with E-state index in [2.05, 4.69) is 18.7 Å². The minimum atomic E-state index is -1.82. The zero-order valence-electron chi connectivity index (χ0n) is 13.1. The van der Waals surface area contributed by atoms with Crippen LogP contribution in [-0.2, 0) is 9.59 Å². The Morgan fingerprint density at radius 3 is 1.95 bits per heavy atom. The van der Waals surface area contributed by atoms with E-state index >= 15 is 0 Å². The van der Waals surface area contributed by atoms with Gasteiger partial charge in [-0.1, -0.05) is 26.0 Å². The Kier molecular flexibility index (Phi) is 10.2. The van der Waals surface area contributed by atoms with Crippen LogP contribution in [0.5, 0.6) is 11.5 Å². The second-order valence-corrected chi connectivity index (χ2v) is 4.14. The van der Waals surface area contributed by atoms with E-state index in [1.54, 1.807) is 7.11 Å². The number of hydrogen-bond acceptors (Lipinski definition) is 5. The maximum Gasteiger partial charge on any atom is 0.414 e. The van der Waals surface area contributed by atoms with Crippen molar-refractivity contribution < 1.29 is 29.3 Å². The largest absolute Gasteiger partial charge is 0.493 e. The van der Waals surface area contributed by atoms with E-state index in [-0.39, 0.29) is 0 Å². The van der Waals surface area contributed by atoms with E-state index < -0.39 is 11.9 Å². The fourth-order valence-electron chi connectivity index (χ4n) is 1.56. The van der Waals surface area contributed by atoms with Gasteiger partial charge in [-0.3, -0.25) is 0 Å². The Labute approximate surface area is 130 Å². The third kappa shape index (κ3) is 8.11. The summed E-state index contributed by atoms with van der Waals surface area (Å²) in [6, 6.07) is 7.74. The Morgan fingerprint density at radius 2 is 1.55 bits per heavy atom. The number of hydrogen-bond donors (Lipinski definition) is 2. The van der Waals surface area contributed by atoms with Crippen molar-refractivity contribution in [1.29, 1.82) is 0 Å². The molecule has 0 saturated heterocycles. The van der Waals surface area contributed by atoms with Crippen molar-refractivity contribution in [3.05, 3.63) is 24.3 Å². The molecule has 1 aromatic rings. The van der Waals surface area contributed by atoms with Gasteiger partial charge in [0.2, 0.25) is 0 Å². The second kappa shape index (κ2) is 11.4. The van der Waals surface area contributed by atoms with E-state index in [4.69, 9.17) is 29.3 Å². The number of rotatable bonds is 7. The van der Waals surface area contributed by atoms with E-state index in [9.17, 15) is 0 Å². The number of carboxylic acids is 2. The van der Waals surface area contributed by atoms with Crippen LogP contribution in [0.15, 0.2) is 24.3 Å². The Hall–Kier alpha value is -2.28. The van der Waals surface area contributed by atoms with Crippen LogP contribution in [0.25, 0.3) is 0 Å². The van der Waals surface area contributed by atoms with Crippen molar-refractivity contribution >= 4 is 11.9 Å². The molecule has 0 atom stereocenters. The van der Waals surface area contributed by atoms with Gasteiger partial charge in [-0.15, -0.1) is 0 Å². The molecule has 0 aliphatic carbocycles. The molecule has 1 rings (SSSR count). The average Bonchev–Trinajstić information content (AvgIpc) is 2.52. The SMILES string of the molecule is CCN(CC)CCOc1ccccc1OC.O=C(O)C(=O)O. The summed E-state index contributed by atoms with van der Waals surface area (Å²) < 4.78 is 10.9. The van der Waals surface area contributed by atoms with E-state index in [1.807, 2.05) is 24.3 Å². The first-order chi connectivity index (χ1) is 10.5. The lowest BCUT2D eigenvalue weighted by Crippen LogP contribution is -2.27. The molecule has 7 nitrogen and oxygen atoms in total. The van der Waals surface area contributed by atoms with Gasteiger partial charge in [0.25, 0.3) is 0 Å². The Bertz CT molecular complexity index is 447. The van der Waals surface area contributed by atoms with Gasteiger partial charge in [0.1, 0.15) is 6.61 Å². The molecule has 0 aliphatic rings. The highest BCUT2D eigenvalue weighted by Crippen LogP contribution is 2.25. The smallest absolute Gasteiger partial charge is 0.414 e. The van der Waals surface area contributed by atoms with Crippen molar-refractivity contribution in [2.45, 2.75) is 13.8 Å². The normalized spacial score (nSPS) is 9.64. The third-order valence-corrected chi connectivity index (χ3v) is 2.81. The van der Waals surface area contributed by atoms with Gasteiger partial charge in [-0.2, -0.15) is 0 Å². The Balaban J connectivity index is 0.000000626. The molecule has 0 aromatic heterocycles. The summed E-state index contributed by atoms with van der Waals surface area (Å²) in [7, 11) is 1.66. The zero-order valence-corrected chi connectivity index (χ0v) is 13.1. The monoisotopic (exact) mass is 313 g/mol. The van der Waals surface area contributed by atoms with E-state index in [1.165, 1.54) is 0 Å². The van der Waals surface area contributed by atoms with Crippen LogP contribution in [0.4, 0.5) is 0 Å². The van der Waals surface area contributed by atoms with Crippen LogP contribution in [0.2, 0.25) is 0 Å². The molecule has 0 aliphatic heterocycles. The molecule has 124 valence electrons. The predicted molar refractivity (Wildman–Crippen MR) is 81.5 cm³/mol. The fraction of sp³-hybridized carbons (Fsp3) is 0.467. The third-order valence-electron chi connectivity index (χ3n) is 2.81. The van der Waals surface area contributed by atoms with E-state index in [0.29, 0.717) is 6.61 Å². The molecule has 0 heterocycles. The molecule has 2 N–H and O–H groups in total. The summed E-state index contributed by atoms with van der Waals surface area (Å²) in [5.41, 5.74) is 0. The number of aliphatic carboxylic acids is 2. The lowest BCUT2D eigenvalue weighted by Gasteiger charge is -2.18. The van der Waals surface area contributed by atoms with Crippen LogP contribution in [0.3, 0.4) is 0 Å². The number of methoxy groups -OCH3 is 1. The average molecular weight is 313 g/mol. The standard InChI is InChI=1S/C13H21NO2.C2H2O4/c1-4-14(5-2)10-11-16-13-9-7-6-8-12(13)15-3;3-1(4)2(5)6/h6-9H,4-5,10-11H2,1-3H3;(H,3,4)(H,5,6). The van der Waals surface area contributed by atoms with Crippen molar-refractivity contribution in [3.63, 3.8) is 0 Å². The first-order valence-corrected chi connectivity index (χ1v) is 6.90. The van der Waals surface area contributed by atoms with Gasteiger partial charge < -0.3 is 24.6 Å². The van der Waals surface area contributed by atoms with Gasteiger partial charge in [0, 0.05) is 6.54 Å². The molecule has 1 aromatic carbocycles. The first-order valence-electron chi connectivity index (χ1n) is 6.90. The maximum absolute atomic E-state index is 9.10. The number of para-hydroxylation sites is 2. The van der Waals surface area contributed by atoms with Gasteiger partial charge in [-0.05, 0) is 25.2 Å². The molecule has 7 heteroatoms. The quantitative estimate of drug-likeness (QED) is 0.738. The van der Waals surface area contributed by atoms with E-state index in [0.717, 1.165) is 31.1 Å².